The highest BCUT2D eigenvalue weighted by molar-refractivity contribution is 5.74. The second kappa shape index (κ2) is 22.8. The van der Waals surface area contributed by atoms with Gasteiger partial charge in [0.25, 0.3) is 6.02 Å². The van der Waals surface area contributed by atoms with Crippen LogP contribution in [0.1, 0.15) is 31.0 Å². The van der Waals surface area contributed by atoms with Gasteiger partial charge in [-0.3, -0.25) is 9.63 Å². The number of hydroxylamine groups is 2. The lowest BCUT2D eigenvalue weighted by Gasteiger charge is -2.12. The fourth-order valence-electron chi connectivity index (χ4n) is 4.02. The van der Waals surface area contributed by atoms with Gasteiger partial charge in [-0.1, -0.05) is 50.3 Å². The molecule has 1 aliphatic heterocycles. The molecule has 0 saturated carbocycles. The van der Waals surface area contributed by atoms with E-state index < -0.39 is 11.6 Å². The average Bonchev–Trinajstić information content (AvgIpc) is 3.66. The Morgan fingerprint density at radius 3 is 2.36 bits per heavy atom. The second-order valence-electron chi connectivity index (χ2n) is 9.34. The number of carbonyl (C=O) groups is 1. The zero-order chi connectivity index (χ0) is 33.5. The van der Waals surface area contributed by atoms with Gasteiger partial charge >= 0.3 is 0 Å². The Kier molecular flexibility index (Phi) is 19.4. The molecule has 0 aliphatic carbocycles. The lowest BCUT2D eigenvalue weighted by atomic mass is 10.2. The van der Waals surface area contributed by atoms with Gasteiger partial charge in [0, 0.05) is 32.1 Å². The summed E-state index contributed by atoms with van der Waals surface area (Å²) in [6.07, 6.45) is 13.3. The Morgan fingerprint density at radius 1 is 1.18 bits per heavy atom. The van der Waals surface area contributed by atoms with Crippen LogP contribution in [0.25, 0.3) is 5.69 Å². The maximum absolute atomic E-state index is 11.9. The van der Waals surface area contributed by atoms with Crippen LogP contribution in [-0.2, 0) is 20.8 Å². The standard InChI is InChI=1S/C17H23N5O.C8H16N2O2.C6H4F2.C2H2/c1-5-19-17(23-4)20-12-11-15-13(2)16(18-3)22(21-15)14-9-7-6-8-10-14;1-2-3-4-10-5-8(6-12-10)9-7-11;7-5-3-1-2-4-6(5)8;1-2/h5-10,18H,1,11-12H2,2-4H3,(H,19,20);7-8H,2-6H2,1H3,(H,9,11);1-4H;1-2H/t;8-;;/m.1../s1. The number of amidine groups is 1. The minimum atomic E-state index is -0.799. The Balaban J connectivity index is 0.000000381. The summed E-state index contributed by atoms with van der Waals surface area (Å²) in [5.74, 6) is -0.605. The minimum Gasteiger partial charge on any atom is -0.468 e. The molecule has 0 unspecified atom stereocenters. The summed E-state index contributed by atoms with van der Waals surface area (Å²) in [6.45, 7) is 10.8. The summed E-state index contributed by atoms with van der Waals surface area (Å²) in [7, 11) is 3.48. The third-order valence-electron chi connectivity index (χ3n) is 6.25. The third-order valence-corrected chi connectivity index (χ3v) is 6.25. The lowest BCUT2D eigenvalue weighted by Crippen LogP contribution is -2.33. The molecule has 1 saturated heterocycles. The van der Waals surface area contributed by atoms with Gasteiger partial charge in [0.2, 0.25) is 6.41 Å². The first kappa shape index (κ1) is 38.3. The van der Waals surface area contributed by atoms with Gasteiger partial charge in [-0.05, 0) is 43.8 Å². The van der Waals surface area contributed by atoms with Crippen LogP contribution in [0.4, 0.5) is 14.6 Å². The van der Waals surface area contributed by atoms with Crippen molar-refractivity contribution >= 4 is 18.2 Å². The molecule has 45 heavy (non-hydrogen) atoms. The number of aromatic nitrogens is 2. The summed E-state index contributed by atoms with van der Waals surface area (Å²) in [5, 5.41) is 15.4. The monoisotopic (exact) mass is 625 g/mol. The van der Waals surface area contributed by atoms with Crippen molar-refractivity contribution in [3.8, 4) is 18.5 Å². The van der Waals surface area contributed by atoms with Crippen molar-refractivity contribution in [2.75, 3.05) is 45.7 Å². The van der Waals surface area contributed by atoms with Gasteiger partial charge < -0.3 is 20.7 Å². The first-order chi connectivity index (χ1) is 21.9. The molecule has 1 fully saturated rings. The molecule has 3 N–H and O–H groups in total. The highest BCUT2D eigenvalue weighted by Crippen LogP contribution is 2.23. The van der Waals surface area contributed by atoms with Gasteiger partial charge in [0.1, 0.15) is 5.82 Å². The number of terminal acetylenes is 1. The molecule has 1 atom stereocenters. The maximum atomic E-state index is 11.9. The molecule has 0 radical (unpaired) electrons. The van der Waals surface area contributed by atoms with Gasteiger partial charge in [-0.2, -0.15) is 10.2 Å². The van der Waals surface area contributed by atoms with E-state index in [0.717, 1.165) is 67.2 Å². The summed E-state index contributed by atoms with van der Waals surface area (Å²) < 4.78 is 30.9. The molecular formula is C33H45F2N7O3. The average molecular weight is 626 g/mol. The predicted octanol–water partition coefficient (Wildman–Crippen LogP) is 4.86. The molecule has 12 heteroatoms. The number of para-hydroxylation sites is 1. The molecule has 3 aromatic rings. The van der Waals surface area contributed by atoms with Crippen molar-refractivity contribution in [2.45, 2.75) is 39.2 Å². The second-order valence-corrected chi connectivity index (χ2v) is 9.34. The number of halogens is 2. The van der Waals surface area contributed by atoms with Crippen molar-refractivity contribution < 1.29 is 23.1 Å². The number of anilines is 1. The van der Waals surface area contributed by atoms with Crippen molar-refractivity contribution in [3.63, 3.8) is 0 Å². The smallest absolute Gasteiger partial charge is 0.288 e. The zero-order valence-electron chi connectivity index (χ0n) is 26.5. The van der Waals surface area contributed by atoms with E-state index in [1.54, 1.807) is 7.11 Å². The molecule has 1 aromatic heterocycles. The van der Waals surface area contributed by atoms with Crippen molar-refractivity contribution in [2.24, 2.45) is 4.99 Å². The van der Waals surface area contributed by atoms with E-state index in [-0.39, 0.29) is 6.04 Å². The molecule has 2 aromatic carbocycles. The molecule has 244 valence electrons. The first-order valence-electron chi connectivity index (χ1n) is 14.5. The normalized spacial score (nSPS) is 13.9. The zero-order valence-corrected chi connectivity index (χ0v) is 26.5. The van der Waals surface area contributed by atoms with E-state index in [4.69, 9.17) is 14.7 Å². The minimum absolute atomic E-state index is 0.180. The molecule has 0 bridgehead atoms. The lowest BCUT2D eigenvalue weighted by molar-refractivity contribution is -0.111. The number of aliphatic imine (C=N–C) groups is 1. The molecular weight excluding hydrogens is 580 g/mol. The van der Waals surface area contributed by atoms with E-state index in [9.17, 15) is 13.6 Å². The number of nitrogens with one attached hydrogen (secondary N) is 3. The topological polar surface area (TPSA) is 105 Å². The van der Waals surface area contributed by atoms with Crippen LogP contribution < -0.4 is 16.0 Å². The van der Waals surface area contributed by atoms with Crippen molar-refractivity contribution in [1.82, 2.24) is 25.5 Å². The number of hydrogen-bond acceptors (Lipinski definition) is 7. The van der Waals surface area contributed by atoms with Crippen LogP contribution in [0.3, 0.4) is 0 Å². The van der Waals surface area contributed by atoms with Crippen molar-refractivity contribution in [3.05, 3.63) is 90.3 Å². The Hall–Kier alpha value is -4.73. The highest BCUT2D eigenvalue weighted by Gasteiger charge is 2.22. The molecule has 10 nitrogen and oxygen atoms in total. The number of rotatable bonds is 11. The summed E-state index contributed by atoms with van der Waals surface area (Å²) >= 11 is 0. The number of unbranched alkanes of at least 4 members (excludes halogenated alkanes) is 1. The molecule has 0 spiro atoms. The van der Waals surface area contributed by atoms with Crippen LogP contribution in [-0.4, -0.2) is 73.7 Å². The molecule has 4 rings (SSSR count). The van der Waals surface area contributed by atoms with E-state index in [0.29, 0.717) is 19.2 Å². The number of hydrogen-bond donors (Lipinski definition) is 3. The Labute approximate surface area is 265 Å². The van der Waals surface area contributed by atoms with Crippen LogP contribution in [0.2, 0.25) is 0 Å². The van der Waals surface area contributed by atoms with Crippen molar-refractivity contribution in [1.29, 1.82) is 0 Å². The maximum Gasteiger partial charge on any atom is 0.288 e. The van der Waals surface area contributed by atoms with Gasteiger partial charge in [0.15, 0.2) is 11.6 Å². The fraction of sp³-hybridized carbons (Fsp3) is 0.364. The summed E-state index contributed by atoms with van der Waals surface area (Å²) in [4.78, 5) is 19.8. The van der Waals surface area contributed by atoms with E-state index >= 15 is 0 Å². The van der Waals surface area contributed by atoms with Crippen LogP contribution >= 0.6 is 0 Å². The van der Waals surface area contributed by atoms with E-state index in [1.165, 1.54) is 24.8 Å². The van der Waals surface area contributed by atoms with E-state index in [1.807, 2.05) is 47.1 Å². The number of benzene rings is 2. The van der Waals surface area contributed by atoms with Gasteiger partial charge in [0.05, 0.1) is 37.7 Å². The van der Waals surface area contributed by atoms with Crippen LogP contribution in [0.15, 0.2) is 72.4 Å². The number of ether oxygens (including phenoxy) is 1. The summed E-state index contributed by atoms with van der Waals surface area (Å²) in [6, 6.07) is 15.7. The molecule has 1 aliphatic rings. The van der Waals surface area contributed by atoms with Crippen LogP contribution in [0.5, 0.6) is 0 Å². The fourth-order valence-corrected chi connectivity index (χ4v) is 4.02. The quantitative estimate of drug-likeness (QED) is 0.121. The number of carbonyl (C=O) groups excluding carboxylic acids is 1. The number of nitrogens with zero attached hydrogens (tertiary/aromatic N) is 4. The number of methoxy groups -OCH3 is 1. The Bertz CT molecular complexity index is 1300. The van der Waals surface area contributed by atoms with Gasteiger partial charge in [-0.15, -0.1) is 12.8 Å². The van der Waals surface area contributed by atoms with Crippen LogP contribution in [0, 0.1) is 31.4 Å². The highest BCUT2D eigenvalue weighted by atomic mass is 19.2. The molecule has 2 heterocycles. The first-order valence-corrected chi connectivity index (χ1v) is 14.5. The predicted molar refractivity (Wildman–Crippen MR) is 176 cm³/mol. The number of amides is 1. The van der Waals surface area contributed by atoms with Gasteiger partial charge in [-0.25, -0.2) is 18.5 Å². The largest absolute Gasteiger partial charge is 0.468 e. The van der Waals surface area contributed by atoms with E-state index in [2.05, 4.69) is 54.2 Å². The SMILES string of the molecule is C#C.C=CNC(=NCCc1nn(-c2ccccc2)c(NC)c1C)OC.CCCCN1C[C@@H](NC=O)CO1.Fc1ccccc1F. The molecule has 1 amide bonds. The third kappa shape index (κ3) is 13.6. The summed E-state index contributed by atoms with van der Waals surface area (Å²) in [5.41, 5.74) is 3.17. The Morgan fingerprint density at radius 2 is 1.82 bits per heavy atom.